The molecule has 3 heterocycles. The predicted molar refractivity (Wildman–Crippen MR) is 101 cm³/mol. The van der Waals surface area contributed by atoms with E-state index in [1.54, 1.807) is 0 Å². The molecule has 1 aromatic rings. The molecule has 3 rings (SSSR count). The van der Waals surface area contributed by atoms with Crippen LogP contribution in [-0.2, 0) is 11.3 Å². The number of rotatable bonds is 4. The van der Waals surface area contributed by atoms with E-state index in [0.717, 1.165) is 64.2 Å². The summed E-state index contributed by atoms with van der Waals surface area (Å²) in [5, 5.41) is 0.869. The number of carbonyl (C=O) groups is 1. The molecule has 138 valence electrons. The molecule has 2 aliphatic rings. The van der Waals surface area contributed by atoms with Crippen LogP contribution in [0.1, 0.15) is 31.2 Å². The van der Waals surface area contributed by atoms with Gasteiger partial charge in [-0.2, -0.15) is 0 Å². The molecule has 1 aromatic heterocycles. The molecule has 0 spiro atoms. The molecule has 0 aromatic carbocycles. The minimum Gasteiger partial charge on any atom is -0.342 e. The largest absolute Gasteiger partial charge is 0.342 e. The predicted octanol–water partition coefficient (Wildman–Crippen LogP) is 2.91. The van der Waals surface area contributed by atoms with Gasteiger partial charge in [0.25, 0.3) is 0 Å². The van der Waals surface area contributed by atoms with Gasteiger partial charge in [-0.15, -0.1) is 0 Å². The van der Waals surface area contributed by atoms with Crippen molar-refractivity contribution in [1.82, 2.24) is 19.7 Å². The van der Waals surface area contributed by atoms with Gasteiger partial charge in [0, 0.05) is 45.8 Å². The zero-order valence-corrected chi connectivity index (χ0v) is 16.1. The second-order valence-electron chi connectivity index (χ2n) is 6.97. The van der Waals surface area contributed by atoms with Crippen LogP contribution < -0.4 is 0 Å². The maximum Gasteiger partial charge on any atom is 0.236 e. The van der Waals surface area contributed by atoms with Crippen LogP contribution in [0.2, 0.25) is 10.3 Å². The molecule has 25 heavy (non-hydrogen) atoms. The van der Waals surface area contributed by atoms with Gasteiger partial charge in [0.15, 0.2) is 0 Å². The van der Waals surface area contributed by atoms with Gasteiger partial charge in [-0.1, -0.05) is 36.0 Å². The Bertz CT molecular complexity index is 562. The Hall–Kier alpha value is -0.880. The fourth-order valence-electron chi connectivity index (χ4n) is 3.58. The number of nitrogens with zero attached hydrogens (tertiary/aromatic N) is 4. The van der Waals surface area contributed by atoms with Crippen LogP contribution in [0.15, 0.2) is 12.1 Å². The zero-order valence-electron chi connectivity index (χ0n) is 14.6. The van der Waals surface area contributed by atoms with Crippen molar-refractivity contribution in [2.75, 3.05) is 45.8 Å². The first kappa shape index (κ1) is 18.9. The molecule has 0 radical (unpaired) electrons. The molecule has 2 aliphatic heterocycles. The van der Waals surface area contributed by atoms with Crippen molar-refractivity contribution in [2.24, 2.45) is 0 Å². The number of piperazine rings is 1. The van der Waals surface area contributed by atoms with Crippen LogP contribution in [0.25, 0.3) is 0 Å². The summed E-state index contributed by atoms with van der Waals surface area (Å²) in [6, 6.07) is 3.73. The third-order valence-corrected chi connectivity index (χ3v) is 5.40. The van der Waals surface area contributed by atoms with Gasteiger partial charge < -0.3 is 4.90 Å². The summed E-state index contributed by atoms with van der Waals surface area (Å²) < 4.78 is 0. The fourth-order valence-corrected chi connectivity index (χ4v) is 4.09. The minimum atomic E-state index is 0.294. The van der Waals surface area contributed by atoms with Crippen molar-refractivity contribution in [2.45, 2.75) is 32.2 Å². The van der Waals surface area contributed by atoms with E-state index in [1.807, 2.05) is 12.1 Å². The van der Waals surface area contributed by atoms with E-state index in [4.69, 9.17) is 23.2 Å². The van der Waals surface area contributed by atoms with Crippen molar-refractivity contribution < 1.29 is 4.79 Å². The van der Waals surface area contributed by atoms with E-state index >= 15 is 0 Å². The van der Waals surface area contributed by atoms with Crippen molar-refractivity contribution in [1.29, 1.82) is 0 Å². The number of aromatic nitrogens is 1. The number of amides is 1. The van der Waals surface area contributed by atoms with Crippen LogP contribution in [0.5, 0.6) is 0 Å². The summed E-state index contributed by atoms with van der Waals surface area (Å²) >= 11 is 11.9. The molecule has 5 nitrogen and oxygen atoms in total. The lowest BCUT2D eigenvalue weighted by molar-refractivity contribution is -0.132. The SMILES string of the molecule is O=C(CN1CCN(Cc2cc(Cl)nc(Cl)c2)CC1)N1CCCCCC1. The standard InChI is InChI=1S/C18H26Cl2N4O/c19-16-11-15(12-17(20)21-16)13-22-7-9-23(10-8-22)14-18(25)24-5-3-1-2-4-6-24/h11-12H,1-10,13-14H2. The fraction of sp³-hybridized carbons (Fsp3) is 0.667. The van der Waals surface area contributed by atoms with Gasteiger partial charge in [0.2, 0.25) is 5.91 Å². The van der Waals surface area contributed by atoms with Gasteiger partial charge in [0.1, 0.15) is 10.3 Å². The van der Waals surface area contributed by atoms with Crippen molar-refractivity contribution >= 4 is 29.1 Å². The quantitative estimate of drug-likeness (QED) is 0.748. The number of hydrogen-bond acceptors (Lipinski definition) is 4. The third-order valence-electron chi connectivity index (χ3n) is 5.01. The first-order valence-corrected chi connectivity index (χ1v) is 9.90. The number of hydrogen-bond donors (Lipinski definition) is 0. The average molecular weight is 385 g/mol. The maximum atomic E-state index is 12.5. The Morgan fingerprint density at radius 2 is 1.44 bits per heavy atom. The highest BCUT2D eigenvalue weighted by Crippen LogP contribution is 2.17. The highest BCUT2D eigenvalue weighted by Gasteiger charge is 2.22. The maximum absolute atomic E-state index is 12.5. The van der Waals surface area contributed by atoms with Crippen LogP contribution in [0.3, 0.4) is 0 Å². The Balaban J connectivity index is 1.44. The van der Waals surface area contributed by atoms with Crippen molar-refractivity contribution in [3.63, 3.8) is 0 Å². The Morgan fingerprint density at radius 3 is 2.04 bits per heavy atom. The highest BCUT2D eigenvalue weighted by molar-refractivity contribution is 6.32. The lowest BCUT2D eigenvalue weighted by Gasteiger charge is -2.35. The Morgan fingerprint density at radius 1 is 0.880 bits per heavy atom. The third kappa shape index (κ3) is 5.81. The van der Waals surface area contributed by atoms with Gasteiger partial charge >= 0.3 is 0 Å². The zero-order chi connectivity index (χ0) is 17.6. The average Bonchev–Trinajstić information content (AvgIpc) is 2.85. The van der Waals surface area contributed by atoms with Crippen LogP contribution in [0, 0.1) is 0 Å². The highest BCUT2D eigenvalue weighted by atomic mass is 35.5. The van der Waals surface area contributed by atoms with Gasteiger partial charge in [-0.25, -0.2) is 4.98 Å². The van der Waals surface area contributed by atoms with E-state index in [-0.39, 0.29) is 0 Å². The van der Waals surface area contributed by atoms with Gasteiger partial charge in [0.05, 0.1) is 6.54 Å². The van der Waals surface area contributed by atoms with E-state index in [2.05, 4.69) is 19.7 Å². The summed E-state index contributed by atoms with van der Waals surface area (Å²) in [6.07, 6.45) is 4.81. The second-order valence-corrected chi connectivity index (χ2v) is 7.74. The molecule has 2 saturated heterocycles. The number of likely N-dealkylation sites (tertiary alicyclic amines) is 1. The Labute approximate surface area is 159 Å². The van der Waals surface area contributed by atoms with Crippen LogP contribution in [0.4, 0.5) is 0 Å². The molecule has 0 aliphatic carbocycles. The molecule has 2 fully saturated rings. The van der Waals surface area contributed by atoms with Crippen molar-refractivity contribution in [3.8, 4) is 0 Å². The van der Waals surface area contributed by atoms with E-state index < -0.39 is 0 Å². The Kier molecular flexibility index (Phi) is 6.93. The molecule has 0 atom stereocenters. The molecular weight excluding hydrogens is 359 g/mol. The molecule has 7 heteroatoms. The number of pyridine rings is 1. The molecule has 0 unspecified atom stereocenters. The van der Waals surface area contributed by atoms with Gasteiger partial charge in [-0.3, -0.25) is 14.6 Å². The molecule has 0 bridgehead atoms. The van der Waals surface area contributed by atoms with Crippen molar-refractivity contribution in [3.05, 3.63) is 28.0 Å². The summed E-state index contributed by atoms with van der Waals surface area (Å²) in [7, 11) is 0. The first-order chi connectivity index (χ1) is 12.1. The lowest BCUT2D eigenvalue weighted by atomic mass is 10.2. The summed E-state index contributed by atoms with van der Waals surface area (Å²) in [5.74, 6) is 0.294. The normalized spacial score (nSPS) is 20.5. The topological polar surface area (TPSA) is 39.7 Å². The smallest absolute Gasteiger partial charge is 0.236 e. The van der Waals surface area contributed by atoms with Crippen LogP contribution >= 0.6 is 23.2 Å². The summed E-state index contributed by atoms with van der Waals surface area (Å²) in [5.41, 5.74) is 1.08. The van der Waals surface area contributed by atoms with E-state index in [9.17, 15) is 4.79 Å². The molecule has 0 saturated carbocycles. The summed E-state index contributed by atoms with van der Waals surface area (Å²) in [6.45, 7) is 6.98. The number of halogens is 2. The second kappa shape index (κ2) is 9.17. The monoisotopic (exact) mass is 384 g/mol. The molecule has 0 N–H and O–H groups in total. The number of carbonyl (C=O) groups excluding carboxylic acids is 1. The summed E-state index contributed by atoms with van der Waals surface area (Å²) in [4.78, 5) is 23.2. The van der Waals surface area contributed by atoms with E-state index in [0.29, 0.717) is 22.8 Å². The first-order valence-electron chi connectivity index (χ1n) is 9.14. The van der Waals surface area contributed by atoms with Gasteiger partial charge in [-0.05, 0) is 30.5 Å². The van der Waals surface area contributed by atoms with Crippen LogP contribution in [-0.4, -0.2) is 71.4 Å². The lowest BCUT2D eigenvalue weighted by Crippen LogP contribution is -2.49. The minimum absolute atomic E-state index is 0.294. The van der Waals surface area contributed by atoms with E-state index in [1.165, 1.54) is 12.8 Å². The molecule has 1 amide bonds. The molecular formula is C18H26Cl2N4O.